The summed E-state index contributed by atoms with van der Waals surface area (Å²) >= 11 is 12.2. The summed E-state index contributed by atoms with van der Waals surface area (Å²) in [6, 6.07) is 12.8. The van der Waals surface area contributed by atoms with E-state index in [0.717, 1.165) is 11.1 Å². The Labute approximate surface area is 133 Å². The molecule has 21 heavy (non-hydrogen) atoms. The first-order chi connectivity index (χ1) is 10.1. The Balaban J connectivity index is 2.16. The third-order valence-corrected chi connectivity index (χ3v) is 3.46. The van der Waals surface area contributed by atoms with Crippen LogP contribution in [0, 0.1) is 11.3 Å². The standard InChI is InChI=1S/C16H14Cl2N2O/c17-14-7-13(5-6-19)16(15(18)8-14)21-10-12-3-1-11(9-20)2-4-12/h1-4,7-8H,5-6,10,19H2. The van der Waals surface area contributed by atoms with Crippen molar-refractivity contribution in [3.63, 3.8) is 0 Å². The lowest BCUT2D eigenvalue weighted by molar-refractivity contribution is 0.303. The van der Waals surface area contributed by atoms with E-state index in [1.54, 1.807) is 18.2 Å². The van der Waals surface area contributed by atoms with Crippen molar-refractivity contribution in [1.82, 2.24) is 0 Å². The van der Waals surface area contributed by atoms with Gasteiger partial charge >= 0.3 is 0 Å². The molecule has 2 aromatic rings. The molecule has 0 aliphatic carbocycles. The first-order valence-electron chi connectivity index (χ1n) is 6.44. The molecule has 0 aromatic heterocycles. The zero-order valence-electron chi connectivity index (χ0n) is 11.3. The summed E-state index contributed by atoms with van der Waals surface area (Å²) in [5, 5.41) is 9.81. The van der Waals surface area contributed by atoms with E-state index in [0.29, 0.717) is 40.9 Å². The molecule has 5 heteroatoms. The Kier molecular flexibility index (Phi) is 5.46. The molecule has 0 heterocycles. The number of nitrogens with zero attached hydrogens (tertiary/aromatic N) is 1. The minimum Gasteiger partial charge on any atom is -0.487 e. The molecule has 2 aromatic carbocycles. The summed E-state index contributed by atoms with van der Waals surface area (Å²) in [4.78, 5) is 0. The zero-order chi connectivity index (χ0) is 15.2. The third kappa shape index (κ3) is 4.12. The highest BCUT2D eigenvalue weighted by Gasteiger charge is 2.10. The third-order valence-electron chi connectivity index (χ3n) is 2.97. The fourth-order valence-corrected chi connectivity index (χ4v) is 2.54. The van der Waals surface area contributed by atoms with E-state index >= 15 is 0 Å². The molecule has 0 unspecified atom stereocenters. The van der Waals surface area contributed by atoms with E-state index < -0.39 is 0 Å². The fraction of sp³-hybridized carbons (Fsp3) is 0.188. The SMILES string of the molecule is N#Cc1ccc(COc2c(Cl)cc(Cl)cc2CCN)cc1. The molecule has 2 rings (SSSR count). The van der Waals surface area contributed by atoms with Crippen LogP contribution in [0.15, 0.2) is 36.4 Å². The minimum atomic E-state index is 0.366. The van der Waals surface area contributed by atoms with Crippen LogP contribution in [-0.2, 0) is 13.0 Å². The van der Waals surface area contributed by atoms with Crippen molar-refractivity contribution in [2.75, 3.05) is 6.54 Å². The van der Waals surface area contributed by atoms with Crippen molar-refractivity contribution in [2.45, 2.75) is 13.0 Å². The number of benzene rings is 2. The van der Waals surface area contributed by atoms with Crippen LogP contribution < -0.4 is 10.5 Å². The van der Waals surface area contributed by atoms with Gasteiger partial charge in [-0.15, -0.1) is 0 Å². The molecule has 3 nitrogen and oxygen atoms in total. The predicted molar refractivity (Wildman–Crippen MR) is 84.7 cm³/mol. The highest BCUT2D eigenvalue weighted by atomic mass is 35.5. The summed E-state index contributed by atoms with van der Waals surface area (Å²) in [6.45, 7) is 0.856. The number of rotatable bonds is 5. The first-order valence-corrected chi connectivity index (χ1v) is 7.19. The zero-order valence-corrected chi connectivity index (χ0v) is 12.8. The van der Waals surface area contributed by atoms with Gasteiger partial charge in [-0.1, -0.05) is 35.3 Å². The minimum absolute atomic E-state index is 0.366. The summed E-state index contributed by atoms with van der Waals surface area (Å²) in [5.74, 6) is 0.607. The quantitative estimate of drug-likeness (QED) is 0.907. The molecule has 2 N–H and O–H groups in total. The Bertz CT molecular complexity index is 663. The van der Waals surface area contributed by atoms with Crippen molar-refractivity contribution in [1.29, 1.82) is 5.26 Å². The van der Waals surface area contributed by atoms with Gasteiger partial charge < -0.3 is 10.5 Å². The van der Waals surface area contributed by atoms with Crippen molar-refractivity contribution in [3.8, 4) is 11.8 Å². The number of ether oxygens (including phenoxy) is 1. The smallest absolute Gasteiger partial charge is 0.141 e. The van der Waals surface area contributed by atoms with E-state index in [4.69, 9.17) is 38.9 Å². The Hall–Kier alpha value is -1.73. The van der Waals surface area contributed by atoms with Crippen LogP contribution in [0.25, 0.3) is 0 Å². The summed E-state index contributed by atoms with van der Waals surface area (Å²) < 4.78 is 5.81. The van der Waals surface area contributed by atoms with Gasteiger partial charge in [0.25, 0.3) is 0 Å². The molecule has 0 fully saturated rings. The molecule has 0 aliphatic rings. The highest BCUT2D eigenvalue weighted by Crippen LogP contribution is 2.33. The molecule has 0 amide bonds. The molecule has 0 radical (unpaired) electrons. The van der Waals surface area contributed by atoms with Crippen molar-refractivity contribution < 1.29 is 4.74 Å². The number of hydrogen-bond acceptors (Lipinski definition) is 3. The lowest BCUT2D eigenvalue weighted by Gasteiger charge is -2.13. The molecular formula is C16H14Cl2N2O. The monoisotopic (exact) mass is 320 g/mol. The fourth-order valence-electron chi connectivity index (χ4n) is 1.95. The van der Waals surface area contributed by atoms with Crippen molar-refractivity contribution >= 4 is 23.2 Å². The normalized spacial score (nSPS) is 10.2. The van der Waals surface area contributed by atoms with Crippen LogP contribution in [0.5, 0.6) is 5.75 Å². The van der Waals surface area contributed by atoms with Crippen LogP contribution in [0.2, 0.25) is 10.0 Å². The Morgan fingerprint density at radius 1 is 1.14 bits per heavy atom. The molecule has 0 aliphatic heterocycles. The number of halogens is 2. The maximum absolute atomic E-state index is 8.77. The molecular weight excluding hydrogens is 307 g/mol. The van der Waals surface area contributed by atoms with Gasteiger partial charge in [-0.2, -0.15) is 5.26 Å². The Morgan fingerprint density at radius 2 is 1.86 bits per heavy atom. The van der Waals surface area contributed by atoms with Gasteiger partial charge in [0.15, 0.2) is 0 Å². The van der Waals surface area contributed by atoms with E-state index in [-0.39, 0.29) is 0 Å². The second-order valence-electron chi connectivity index (χ2n) is 4.51. The average molecular weight is 321 g/mol. The molecule has 0 atom stereocenters. The van der Waals surface area contributed by atoms with Crippen molar-refractivity contribution in [3.05, 3.63) is 63.1 Å². The lowest BCUT2D eigenvalue weighted by Crippen LogP contribution is -2.06. The molecule has 0 spiro atoms. The maximum atomic E-state index is 8.77. The lowest BCUT2D eigenvalue weighted by atomic mass is 10.1. The van der Waals surface area contributed by atoms with Crippen LogP contribution >= 0.6 is 23.2 Å². The molecule has 108 valence electrons. The summed E-state index contributed by atoms with van der Waals surface area (Å²) in [7, 11) is 0. The van der Waals surface area contributed by atoms with Crippen molar-refractivity contribution in [2.24, 2.45) is 5.73 Å². The van der Waals surface area contributed by atoms with Gasteiger partial charge in [0.05, 0.1) is 16.7 Å². The molecule has 0 saturated heterocycles. The van der Waals surface area contributed by atoms with Crippen LogP contribution in [0.3, 0.4) is 0 Å². The molecule has 0 bridgehead atoms. The molecule has 0 saturated carbocycles. The second kappa shape index (κ2) is 7.33. The van der Waals surface area contributed by atoms with Gasteiger partial charge in [0.1, 0.15) is 12.4 Å². The van der Waals surface area contributed by atoms with Gasteiger partial charge in [0, 0.05) is 5.02 Å². The average Bonchev–Trinajstić information content (AvgIpc) is 2.47. The maximum Gasteiger partial charge on any atom is 0.141 e. The number of nitriles is 1. The van der Waals surface area contributed by atoms with Crippen LogP contribution in [-0.4, -0.2) is 6.54 Å². The number of nitrogens with two attached hydrogens (primary N) is 1. The van der Waals surface area contributed by atoms with Gasteiger partial charge in [-0.05, 0) is 48.4 Å². The second-order valence-corrected chi connectivity index (χ2v) is 5.36. The van der Waals surface area contributed by atoms with E-state index in [2.05, 4.69) is 6.07 Å². The van der Waals surface area contributed by atoms with Crippen LogP contribution in [0.4, 0.5) is 0 Å². The van der Waals surface area contributed by atoms with Crippen LogP contribution in [0.1, 0.15) is 16.7 Å². The predicted octanol–water partition coefficient (Wildman–Crippen LogP) is 3.95. The van der Waals surface area contributed by atoms with Gasteiger partial charge in [-0.3, -0.25) is 0 Å². The van der Waals surface area contributed by atoms with Gasteiger partial charge in [-0.25, -0.2) is 0 Å². The summed E-state index contributed by atoms with van der Waals surface area (Å²) in [6.07, 6.45) is 0.642. The van der Waals surface area contributed by atoms with E-state index in [9.17, 15) is 0 Å². The summed E-state index contributed by atoms with van der Waals surface area (Å²) in [5.41, 5.74) is 8.06. The topological polar surface area (TPSA) is 59.0 Å². The first kappa shape index (κ1) is 15.7. The van der Waals surface area contributed by atoms with Gasteiger partial charge in [0.2, 0.25) is 0 Å². The van der Waals surface area contributed by atoms with E-state index in [1.807, 2.05) is 18.2 Å². The highest BCUT2D eigenvalue weighted by molar-refractivity contribution is 6.35. The number of hydrogen-bond donors (Lipinski definition) is 1. The van der Waals surface area contributed by atoms with E-state index in [1.165, 1.54) is 0 Å². The Morgan fingerprint density at radius 3 is 2.48 bits per heavy atom. The largest absolute Gasteiger partial charge is 0.487 e.